The van der Waals surface area contributed by atoms with Gasteiger partial charge in [-0.05, 0) is 12.6 Å². The lowest BCUT2D eigenvalue weighted by atomic mass is 9.88. The van der Waals surface area contributed by atoms with Crippen molar-refractivity contribution in [3.63, 3.8) is 0 Å². The largest absolute Gasteiger partial charge is 0.451 e. The second kappa shape index (κ2) is 72.3. The molecule has 0 rings (SSSR count). The third kappa shape index (κ3) is 409. The SMILES string of the molecule is C.CC.CC.CCB(O)O.CCB(O)O.CCC.CCC. The first-order valence-electron chi connectivity index (χ1n) is 8.09. The Morgan fingerprint density at radius 2 is 0.571 bits per heavy atom. The quantitative estimate of drug-likeness (QED) is 0.567. The highest BCUT2D eigenvalue weighted by Gasteiger charge is 1.97. The summed E-state index contributed by atoms with van der Waals surface area (Å²) in [6, 6.07) is 0. The fourth-order valence-corrected chi connectivity index (χ4v) is 0. The Morgan fingerprint density at radius 1 is 0.524 bits per heavy atom. The Labute approximate surface area is 137 Å². The summed E-state index contributed by atoms with van der Waals surface area (Å²) in [5.41, 5.74) is 0. The molecule has 4 nitrogen and oxygen atoms in total. The van der Waals surface area contributed by atoms with Gasteiger partial charge < -0.3 is 20.1 Å². The lowest BCUT2D eigenvalue weighted by Crippen LogP contribution is -2.06. The molecule has 21 heavy (non-hydrogen) atoms. The molecule has 0 amide bonds. The van der Waals surface area contributed by atoms with Crippen LogP contribution in [-0.2, 0) is 0 Å². The van der Waals surface area contributed by atoms with Crippen LogP contribution >= 0.6 is 0 Å². The third-order valence-corrected chi connectivity index (χ3v) is 0.730. The smallest absolute Gasteiger partial charge is 0.427 e. The molecule has 0 bridgehead atoms. The zero-order valence-electron chi connectivity index (χ0n) is 15.8. The minimum absolute atomic E-state index is 0. The van der Waals surface area contributed by atoms with Gasteiger partial charge in [-0.15, -0.1) is 0 Å². The molecule has 0 unspecified atom stereocenters. The maximum absolute atomic E-state index is 7.92. The second-order valence-electron chi connectivity index (χ2n) is 3.19. The van der Waals surface area contributed by atoms with Gasteiger partial charge in [0.05, 0.1) is 0 Å². The van der Waals surface area contributed by atoms with E-state index in [1.807, 2.05) is 27.7 Å². The molecule has 0 aliphatic carbocycles. The summed E-state index contributed by atoms with van der Waals surface area (Å²) < 4.78 is 0. The van der Waals surface area contributed by atoms with Gasteiger partial charge in [-0.1, -0.05) is 89.5 Å². The highest BCUT2D eigenvalue weighted by atomic mass is 16.4. The molecular formula is C15H46B2O4. The van der Waals surface area contributed by atoms with E-state index >= 15 is 0 Å². The van der Waals surface area contributed by atoms with E-state index in [0.29, 0.717) is 12.6 Å². The number of rotatable bonds is 2. The van der Waals surface area contributed by atoms with Crippen molar-refractivity contribution in [3.05, 3.63) is 0 Å². The number of hydrogen-bond donors (Lipinski definition) is 4. The lowest BCUT2D eigenvalue weighted by Gasteiger charge is -1.81. The molecule has 0 aromatic heterocycles. The molecule has 0 aromatic rings. The van der Waals surface area contributed by atoms with Gasteiger partial charge in [-0.25, -0.2) is 0 Å². The maximum atomic E-state index is 7.92. The van der Waals surface area contributed by atoms with Crippen molar-refractivity contribution in [2.45, 2.75) is 102 Å². The molecule has 0 fully saturated rings. The van der Waals surface area contributed by atoms with E-state index in [9.17, 15) is 0 Å². The molecule has 0 atom stereocenters. The summed E-state index contributed by atoms with van der Waals surface area (Å²) in [7, 11) is -2.23. The molecule has 136 valence electrons. The Balaban J connectivity index is -0.0000000232. The monoisotopic (exact) mass is 312 g/mol. The van der Waals surface area contributed by atoms with E-state index in [1.165, 1.54) is 12.8 Å². The standard InChI is InChI=1S/2C3H8.2C2H7BO2.2C2H6.CH4/c2*1-3-2;2*1-2-3(4)5;2*1-2;/h2*3H2,1-2H3;2*4-5H,2H2,1H3;2*1-2H3;1H4. The van der Waals surface area contributed by atoms with Crippen LogP contribution in [0, 0.1) is 0 Å². The van der Waals surface area contributed by atoms with Crippen molar-refractivity contribution >= 4 is 14.2 Å². The van der Waals surface area contributed by atoms with E-state index in [1.54, 1.807) is 13.8 Å². The molecule has 0 aromatic carbocycles. The van der Waals surface area contributed by atoms with Crippen LogP contribution in [0.3, 0.4) is 0 Å². The molecule has 6 heteroatoms. The first-order chi connectivity index (χ1) is 9.37. The Kier molecular flexibility index (Phi) is 148. The molecule has 0 aliphatic rings. The molecule has 0 saturated heterocycles. The van der Waals surface area contributed by atoms with Crippen LogP contribution in [-0.4, -0.2) is 34.3 Å². The summed E-state index contributed by atoms with van der Waals surface area (Å²) >= 11 is 0. The van der Waals surface area contributed by atoms with Gasteiger partial charge in [0.25, 0.3) is 0 Å². The van der Waals surface area contributed by atoms with Crippen LogP contribution in [0.5, 0.6) is 0 Å². The summed E-state index contributed by atoms with van der Waals surface area (Å²) in [5.74, 6) is 0. The van der Waals surface area contributed by atoms with Crippen LogP contribution in [0.25, 0.3) is 0 Å². The first kappa shape index (κ1) is 42.9. The Hall–Kier alpha value is -0.0301. The molecule has 4 N–H and O–H groups in total. The predicted molar refractivity (Wildman–Crippen MR) is 103 cm³/mol. The fraction of sp³-hybridized carbons (Fsp3) is 1.00. The second-order valence-corrected chi connectivity index (χ2v) is 3.19. The highest BCUT2D eigenvalue weighted by Crippen LogP contribution is 1.74. The van der Waals surface area contributed by atoms with Gasteiger partial charge in [-0.3, -0.25) is 0 Å². The van der Waals surface area contributed by atoms with Crippen LogP contribution in [0.2, 0.25) is 12.6 Å². The lowest BCUT2D eigenvalue weighted by molar-refractivity contribution is 0.407. The Bertz CT molecular complexity index is 76.1. The van der Waals surface area contributed by atoms with Gasteiger partial charge in [-0.2, -0.15) is 0 Å². The zero-order valence-corrected chi connectivity index (χ0v) is 15.8. The molecule has 0 saturated carbocycles. The Morgan fingerprint density at radius 3 is 0.571 bits per heavy atom. The summed E-state index contributed by atoms with van der Waals surface area (Å²) in [6.07, 6.45) is 3.33. The number of hydrogen-bond acceptors (Lipinski definition) is 4. The summed E-state index contributed by atoms with van der Waals surface area (Å²) in [5, 5.41) is 31.7. The normalized spacial score (nSPS) is 6.00. The van der Waals surface area contributed by atoms with Gasteiger partial charge in [0.1, 0.15) is 0 Å². The van der Waals surface area contributed by atoms with E-state index in [4.69, 9.17) is 20.1 Å². The molecule has 0 radical (unpaired) electrons. The van der Waals surface area contributed by atoms with E-state index in [0.717, 1.165) is 0 Å². The summed E-state index contributed by atoms with van der Waals surface area (Å²) in [4.78, 5) is 0. The van der Waals surface area contributed by atoms with Crippen molar-refractivity contribution in [1.29, 1.82) is 0 Å². The third-order valence-electron chi connectivity index (χ3n) is 0.730. The van der Waals surface area contributed by atoms with Crippen molar-refractivity contribution in [2.75, 3.05) is 0 Å². The topological polar surface area (TPSA) is 80.9 Å². The van der Waals surface area contributed by atoms with Crippen molar-refractivity contribution in [1.82, 2.24) is 0 Å². The van der Waals surface area contributed by atoms with Crippen molar-refractivity contribution < 1.29 is 20.1 Å². The zero-order chi connectivity index (χ0) is 18.0. The fourth-order valence-electron chi connectivity index (χ4n) is 0. The molecule has 0 spiro atoms. The van der Waals surface area contributed by atoms with Gasteiger partial charge in [0.2, 0.25) is 0 Å². The minimum Gasteiger partial charge on any atom is -0.427 e. The maximum Gasteiger partial charge on any atom is 0.451 e. The average molecular weight is 312 g/mol. The predicted octanol–water partition coefficient (Wildman–Crippen LogP) is 4.48. The van der Waals surface area contributed by atoms with Crippen LogP contribution in [0.1, 0.15) is 89.5 Å². The van der Waals surface area contributed by atoms with E-state index in [2.05, 4.69) is 27.7 Å². The van der Waals surface area contributed by atoms with Crippen LogP contribution in [0.15, 0.2) is 0 Å². The van der Waals surface area contributed by atoms with Crippen molar-refractivity contribution in [2.24, 2.45) is 0 Å². The van der Waals surface area contributed by atoms with Gasteiger partial charge in [0, 0.05) is 0 Å². The van der Waals surface area contributed by atoms with E-state index < -0.39 is 14.2 Å². The van der Waals surface area contributed by atoms with Crippen LogP contribution in [0.4, 0.5) is 0 Å². The molecule has 0 aliphatic heterocycles. The van der Waals surface area contributed by atoms with Gasteiger partial charge in [0.15, 0.2) is 0 Å². The van der Waals surface area contributed by atoms with Crippen molar-refractivity contribution in [3.8, 4) is 0 Å². The summed E-state index contributed by atoms with van der Waals surface area (Å²) in [6.45, 7) is 19.9. The first-order valence-corrected chi connectivity index (χ1v) is 8.09. The molecule has 0 heterocycles. The minimum atomic E-state index is -1.12. The molecular weight excluding hydrogens is 266 g/mol. The van der Waals surface area contributed by atoms with Gasteiger partial charge >= 0.3 is 14.2 Å². The van der Waals surface area contributed by atoms with Crippen LogP contribution < -0.4 is 0 Å². The highest BCUT2D eigenvalue weighted by molar-refractivity contribution is 6.41. The van der Waals surface area contributed by atoms with E-state index in [-0.39, 0.29) is 7.43 Å². The average Bonchev–Trinajstić information content (AvgIpc) is 2.45.